The highest BCUT2D eigenvalue weighted by Crippen LogP contribution is 2.39. The molecule has 8 heteroatoms. The maximum absolute atomic E-state index is 12.5. The average molecular weight is 413 g/mol. The highest BCUT2D eigenvalue weighted by Gasteiger charge is 2.20. The van der Waals surface area contributed by atoms with Crippen molar-refractivity contribution in [3.8, 4) is 5.88 Å². The third-order valence-corrected chi connectivity index (χ3v) is 5.00. The predicted molar refractivity (Wildman–Crippen MR) is 112 cm³/mol. The lowest BCUT2D eigenvalue weighted by molar-refractivity contribution is -0.131. The van der Waals surface area contributed by atoms with Gasteiger partial charge >= 0.3 is 0 Å². The molecule has 0 radical (unpaired) electrons. The van der Waals surface area contributed by atoms with Gasteiger partial charge in [-0.1, -0.05) is 41.9 Å². The number of hydrogen-bond acceptors (Lipinski definition) is 4. The Hall–Kier alpha value is -3.19. The second-order valence-electron chi connectivity index (χ2n) is 6.33. The van der Waals surface area contributed by atoms with Gasteiger partial charge < -0.3 is 14.6 Å². The van der Waals surface area contributed by atoms with E-state index in [1.54, 1.807) is 53.4 Å². The Kier molecular flexibility index (Phi) is 6.29. The number of azo groups is 1. The van der Waals surface area contributed by atoms with E-state index in [2.05, 4.69) is 10.2 Å². The fourth-order valence-electron chi connectivity index (χ4n) is 3.13. The average Bonchev–Trinajstić information content (AvgIpc) is 2.99. The smallest absolute Gasteiger partial charge is 0.296 e. The van der Waals surface area contributed by atoms with Gasteiger partial charge in [-0.05, 0) is 32.0 Å². The van der Waals surface area contributed by atoms with Crippen molar-refractivity contribution in [2.24, 2.45) is 10.2 Å². The minimum Gasteiger partial charge on any atom is -0.493 e. The lowest BCUT2D eigenvalue weighted by atomic mass is 10.2. The number of aromatic nitrogens is 1. The Morgan fingerprint density at radius 2 is 1.72 bits per heavy atom. The van der Waals surface area contributed by atoms with Crippen molar-refractivity contribution < 1.29 is 14.7 Å². The molecule has 3 aromatic rings. The first-order chi connectivity index (χ1) is 14.0. The van der Waals surface area contributed by atoms with E-state index in [-0.39, 0.29) is 34.6 Å². The first kappa shape index (κ1) is 20.5. The number of amides is 2. The van der Waals surface area contributed by atoms with Gasteiger partial charge in [-0.15, -0.1) is 10.2 Å². The van der Waals surface area contributed by atoms with Crippen LogP contribution in [0.3, 0.4) is 0 Å². The molecular formula is C21H21ClN4O3. The van der Waals surface area contributed by atoms with Crippen molar-refractivity contribution in [3.05, 3.63) is 59.1 Å². The second-order valence-corrected chi connectivity index (χ2v) is 6.73. The number of aromatic hydroxyl groups is 1. The van der Waals surface area contributed by atoms with Crippen molar-refractivity contribution in [2.45, 2.75) is 20.4 Å². The maximum Gasteiger partial charge on any atom is 0.296 e. The first-order valence-corrected chi connectivity index (χ1v) is 9.64. The minimum absolute atomic E-state index is 0.0397. The van der Waals surface area contributed by atoms with Crippen molar-refractivity contribution in [3.63, 3.8) is 0 Å². The quantitative estimate of drug-likeness (QED) is 0.590. The number of rotatable bonds is 6. The number of benzene rings is 2. The molecule has 3 rings (SSSR count). The predicted octanol–water partition coefficient (Wildman–Crippen LogP) is 4.79. The number of para-hydroxylation sites is 1. The molecule has 1 heterocycles. The number of likely N-dealkylation sites (N-methyl/N-ethyl adjacent to an activating group) is 1. The van der Waals surface area contributed by atoms with Crippen LogP contribution in [0.4, 0.5) is 5.69 Å². The van der Waals surface area contributed by atoms with Gasteiger partial charge in [0.2, 0.25) is 11.8 Å². The molecule has 29 heavy (non-hydrogen) atoms. The van der Waals surface area contributed by atoms with Crippen LogP contribution in [-0.4, -0.2) is 39.5 Å². The molecule has 0 saturated heterocycles. The maximum atomic E-state index is 12.5. The van der Waals surface area contributed by atoms with Crippen LogP contribution in [0.1, 0.15) is 24.2 Å². The van der Waals surface area contributed by atoms with E-state index in [4.69, 9.17) is 11.6 Å². The van der Waals surface area contributed by atoms with Crippen LogP contribution >= 0.6 is 11.6 Å². The molecule has 1 N–H and O–H groups in total. The van der Waals surface area contributed by atoms with E-state index < -0.39 is 5.91 Å². The van der Waals surface area contributed by atoms with E-state index >= 15 is 0 Å². The molecule has 1 aromatic heterocycles. The number of fused-ring (bicyclic) bond motifs is 1. The van der Waals surface area contributed by atoms with Crippen LogP contribution in [0.25, 0.3) is 10.9 Å². The van der Waals surface area contributed by atoms with Crippen molar-refractivity contribution in [2.75, 3.05) is 13.1 Å². The summed E-state index contributed by atoms with van der Waals surface area (Å²) in [5, 5.41) is 19.3. The summed E-state index contributed by atoms with van der Waals surface area (Å²) in [6.45, 7) is 4.91. The van der Waals surface area contributed by atoms with Crippen LogP contribution in [0.2, 0.25) is 5.02 Å². The van der Waals surface area contributed by atoms with E-state index in [1.165, 1.54) is 4.57 Å². The normalized spacial score (nSPS) is 11.3. The molecule has 7 nitrogen and oxygen atoms in total. The van der Waals surface area contributed by atoms with E-state index in [9.17, 15) is 14.7 Å². The molecular weight excluding hydrogens is 392 g/mol. The van der Waals surface area contributed by atoms with E-state index in [0.717, 1.165) is 0 Å². The summed E-state index contributed by atoms with van der Waals surface area (Å²) < 4.78 is 1.48. The summed E-state index contributed by atoms with van der Waals surface area (Å²) in [4.78, 5) is 26.6. The van der Waals surface area contributed by atoms with Gasteiger partial charge in [-0.25, -0.2) is 0 Å². The van der Waals surface area contributed by atoms with Crippen molar-refractivity contribution in [1.82, 2.24) is 9.47 Å². The Bertz CT molecular complexity index is 1090. The topological polar surface area (TPSA) is 87.3 Å². The number of nitrogens with zero attached hydrogens (tertiary/aromatic N) is 4. The molecule has 0 atom stereocenters. The van der Waals surface area contributed by atoms with Crippen LogP contribution in [-0.2, 0) is 11.3 Å². The molecule has 0 saturated carbocycles. The lowest BCUT2D eigenvalue weighted by Crippen LogP contribution is -2.33. The molecule has 0 bridgehead atoms. The SMILES string of the molecule is CCN(CC)C(=O)Cn1c(O)c(N=NC(=O)c2ccccc2Cl)c2ccccc21. The van der Waals surface area contributed by atoms with Gasteiger partial charge in [0.05, 0.1) is 16.1 Å². The van der Waals surface area contributed by atoms with Gasteiger partial charge in [0.1, 0.15) is 6.54 Å². The fraction of sp³-hybridized carbons (Fsp3) is 0.238. The van der Waals surface area contributed by atoms with Crippen LogP contribution in [0.15, 0.2) is 58.8 Å². The van der Waals surface area contributed by atoms with Gasteiger partial charge in [0, 0.05) is 18.5 Å². The molecule has 2 amide bonds. The monoisotopic (exact) mass is 412 g/mol. The molecule has 0 aliphatic heterocycles. The van der Waals surface area contributed by atoms with Gasteiger partial charge in [0.15, 0.2) is 5.69 Å². The Morgan fingerprint density at radius 3 is 2.41 bits per heavy atom. The number of carbonyl (C=O) groups is 2. The molecule has 0 fully saturated rings. The van der Waals surface area contributed by atoms with Gasteiger partial charge in [-0.3, -0.25) is 9.59 Å². The molecule has 150 valence electrons. The highest BCUT2D eigenvalue weighted by molar-refractivity contribution is 6.33. The first-order valence-electron chi connectivity index (χ1n) is 9.26. The second kappa shape index (κ2) is 8.87. The zero-order valence-electron chi connectivity index (χ0n) is 16.2. The Labute approximate surface area is 173 Å². The zero-order valence-corrected chi connectivity index (χ0v) is 16.9. The van der Waals surface area contributed by atoms with Crippen LogP contribution < -0.4 is 0 Å². The fourth-order valence-corrected chi connectivity index (χ4v) is 3.34. The van der Waals surface area contributed by atoms with Crippen molar-refractivity contribution in [1.29, 1.82) is 0 Å². The largest absolute Gasteiger partial charge is 0.493 e. The summed E-state index contributed by atoms with van der Waals surface area (Å²) in [6.07, 6.45) is 0. The minimum atomic E-state index is -0.619. The van der Waals surface area contributed by atoms with Gasteiger partial charge in [-0.2, -0.15) is 0 Å². The zero-order chi connectivity index (χ0) is 21.0. The van der Waals surface area contributed by atoms with Crippen LogP contribution in [0.5, 0.6) is 5.88 Å². The molecule has 2 aromatic carbocycles. The molecule has 0 aliphatic carbocycles. The Balaban J connectivity index is 1.99. The number of hydrogen-bond donors (Lipinski definition) is 1. The molecule has 0 unspecified atom stereocenters. The van der Waals surface area contributed by atoms with Crippen LogP contribution in [0, 0.1) is 0 Å². The lowest BCUT2D eigenvalue weighted by Gasteiger charge is -2.19. The number of carbonyl (C=O) groups excluding carboxylic acids is 2. The third-order valence-electron chi connectivity index (χ3n) is 4.67. The summed E-state index contributed by atoms with van der Waals surface area (Å²) >= 11 is 6.03. The summed E-state index contributed by atoms with van der Waals surface area (Å²) in [5.74, 6) is -0.963. The Morgan fingerprint density at radius 1 is 1.07 bits per heavy atom. The third kappa shape index (κ3) is 4.14. The van der Waals surface area contributed by atoms with E-state index in [1.807, 2.05) is 13.8 Å². The number of halogens is 1. The summed E-state index contributed by atoms with van der Waals surface area (Å²) in [7, 11) is 0. The van der Waals surface area contributed by atoms with E-state index in [0.29, 0.717) is 24.0 Å². The van der Waals surface area contributed by atoms with Gasteiger partial charge in [0.25, 0.3) is 5.91 Å². The molecule has 0 spiro atoms. The standard InChI is InChI=1S/C21H21ClN4O3/c1-3-25(4-2)18(27)13-26-17-12-8-6-10-15(17)19(21(26)29)23-24-20(28)14-9-5-7-11-16(14)22/h5-12,29H,3-4,13H2,1-2H3. The summed E-state index contributed by atoms with van der Waals surface area (Å²) in [5.41, 5.74) is 0.982. The molecule has 0 aliphatic rings. The summed E-state index contributed by atoms with van der Waals surface area (Å²) in [6, 6.07) is 13.6. The van der Waals surface area contributed by atoms with Crippen molar-refractivity contribution >= 4 is 40.0 Å². The highest BCUT2D eigenvalue weighted by atomic mass is 35.5.